The molecule has 0 bridgehead atoms. The topological polar surface area (TPSA) is 167 Å². The van der Waals surface area contributed by atoms with E-state index in [9.17, 15) is 9.59 Å². The first-order chi connectivity index (χ1) is 7.23. The van der Waals surface area contributed by atoms with Crippen LogP contribution >= 0.6 is 0 Å². The number of carboxylic acids is 2. The second kappa shape index (κ2) is 9.04. The van der Waals surface area contributed by atoms with Gasteiger partial charge in [0.15, 0.2) is 0 Å². The zero-order valence-electron chi connectivity index (χ0n) is 8.91. The standard InChI is InChI=1S/2C4H9NO3/c1-2(6)3(5)4(7)8;5-3(1-2-6)4(7)8/h2-3,6H,5H2,1H3,(H,7,8);3,6H,1-2,5H2,(H,7,8)/t2?,3-;3-/m00/s1. The zero-order chi connectivity index (χ0) is 13.3. The van der Waals surface area contributed by atoms with Gasteiger partial charge in [0.25, 0.3) is 0 Å². The normalized spacial score (nSPS) is 15.3. The highest BCUT2D eigenvalue weighted by molar-refractivity contribution is 5.73. The molecule has 8 heteroatoms. The molecule has 0 spiro atoms. The van der Waals surface area contributed by atoms with E-state index in [1.54, 1.807) is 0 Å². The van der Waals surface area contributed by atoms with Crippen molar-refractivity contribution in [3.05, 3.63) is 0 Å². The molecule has 0 aromatic carbocycles. The molecule has 0 saturated heterocycles. The van der Waals surface area contributed by atoms with Crippen LogP contribution < -0.4 is 11.5 Å². The number of nitrogens with two attached hydrogens (primary N) is 2. The first-order valence-corrected chi connectivity index (χ1v) is 4.49. The van der Waals surface area contributed by atoms with Gasteiger partial charge in [-0.05, 0) is 13.3 Å². The second-order valence-corrected chi connectivity index (χ2v) is 3.06. The van der Waals surface area contributed by atoms with Crippen molar-refractivity contribution in [3.8, 4) is 0 Å². The maximum atomic E-state index is 9.86. The van der Waals surface area contributed by atoms with Gasteiger partial charge in [-0.1, -0.05) is 0 Å². The molecule has 0 saturated carbocycles. The molecular formula is C8H18N2O6. The van der Waals surface area contributed by atoms with Crippen LogP contribution in [0.5, 0.6) is 0 Å². The lowest BCUT2D eigenvalue weighted by Crippen LogP contribution is -2.39. The predicted molar refractivity (Wildman–Crippen MR) is 54.6 cm³/mol. The fourth-order valence-electron chi connectivity index (χ4n) is 0.469. The van der Waals surface area contributed by atoms with Crippen molar-refractivity contribution in [3.63, 3.8) is 0 Å². The third-order valence-electron chi connectivity index (χ3n) is 1.56. The van der Waals surface area contributed by atoms with Crippen LogP contribution in [0.4, 0.5) is 0 Å². The SMILES string of the molecule is CC(O)[C@H](N)C(=O)O.N[C@@H](CCO)C(=O)O. The highest BCUT2D eigenvalue weighted by Crippen LogP contribution is 1.86. The van der Waals surface area contributed by atoms with E-state index >= 15 is 0 Å². The van der Waals surface area contributed by atoms with E-state index in [4.69, 9.17) is 31.9 Å². The number of hydrogen-bond donors (Lipinski definition) is 6. The van der Waals surface area contributed by atoms with Crippen molar-refractivity contribution in [2.24, 2.45) is 11.5 Å². The van der Waals surface area contributed by atoms with E-state index in [0.29, 0.717) is 0 Å². The smallest absolute Gasteiger partial charge is 0.323 e. The number of aliphatic hydroxyl groups is 2. The molecule has 96 valence electrons. The van der Waals surface area contributed by atoms with Gasteiger partial charge < -0.3 is 31.9 Å². The van der Waals surface area contributed by atoms with Crippen molar-refractivity contribution in [1.29, 1.82) is 0 Å². The second-order valence-electron chi connectivity index (χ2n) is 3.06. The average Bonchev–Trinajstić information content (AvgIpc) is 2.17. The Labute approximate surface area is 92.5 Å². The number of rotatable bonds is 5. The summed E-state index contributed by atoms with van der Waals surface area (Å²) in [6.07, 6.45) is -0.859. The summed E-state index contributed by atoms with van der Waals surface area (Å²) in [5, 5.41) is 32.8. The van der Waals surface area contributed by atoms with Gasteiger partial charge in [0.05, 0.1) is 6.10 Å². The molecule has 0 aromatic heterocycles. The minimum absolute atomic E-state index is 0.120. The molecule has 0 aliphatic rings. The van der Waals surface area contributed by atoms with Crippen molar-refractivity contribution in [1.82, 2.24) is 0 Å². The van der Waals surface area contributed by atoms with Gasteiger partial charge in [0, 0.05) is 6.61 Å². The van der Waals surface area contributed by atoms with Gasteiger partial charge >= 0.3 is 11.9 Å². The molecule has 0 heterocycles. The summed E-state index contributed by atoms with van der Waals surface area (Å²) in [7, 11) is 0. The highest BCUT2D eigenvalue weighted by atomic mass is 16.4. The molecule has 0 fully saturated rings. The molecule has 0 rings (SSSR count). The molecule has 3 atom stereocenters. The fourth-order valence-corrected chi connectivity index (χ4v) is 0.469. The molecule has 0 aliphatic carbocycles. The Morgan fingerprint density at radius 1 is 1.19 bits per heavy atom. The number of aliphatic carboxylic acids is 2. The molecule has 0 radical (unpaired) electrons. The summed E-state index contributed by atoms with van der Waals surface area (Å²) in [6, 6.07) is -2.07. The summed E-state index contributed by atoms with van der Waals surface area (Å²) in [4.78, 5) is 19.7. The number of aliphatic hydroxyl groups excluding tert-OH is 2. The lowest BCUT2D eigenvalue weighted by Gasteiger charge is -2.06. The Bertz CT molecular complexity index is 221. The first-order valence-electron chi connectivity index (χ1n) is 4.49. The maximum Gasteiger partial charge on any atom is 0.323 e. The Hall–Kier alpha value is -1.22. The van der Waals surface area contributed by atoms with E-state index in [1.165, 1.54) is 6.92 Å². The maximum absolute atomic E-state index is 9.86. The van der Waals surface area contributed by atoms with Crippen LogP contribution in [0, 0.1) is 0 Å². The Kier molecular flexibility index (Phi) is 9.71. The van der Waals surface area contributed by atoms with Crippen LogP contribution in [0.2, 0.25) is 0 Å². The minimum atomic E-state index is -1.18. The van der Waals surface area contributed by atoms with Gasteiger partial charge in [-0.2, -0.15) is 0 Å². The molecule has 8 N–H and O–H groups in total. The van der Waals surface area contributed by atoms with E-state index in [0.717, 1.165) is 0 Å². The summed E-state index contributed by atoms with van der Waals surface area (Å²) in [5.41, 5.74) is 9.88. The lowest BCUT2D eigenvalue weighted by atomic mass is 10.2. The van der Waals surface area contributed by atoms with Crippen LogP contribution in [0.3, 0.4) is 0 Å². The third-order valence-corrected chi connectivity index (χ3v) is 1.56. The Morgan fingerprint density at radius 3 is 1.69 bits per heavy atom. The summed E-state index contributed by atoms with van der Waals surface area (Å²) < 4.78 is 0. The fraction of sp³-hybridized carbons (Fsp3) is 0.750. The van der Waals surface area contributed by atoms with Crippen molar-refractivity contribution < 1.29 is 30.0 Å². The third kappa shape index (κ3) is 9.34. The van der Waals surface area contributed by atoms with Crippen LogP contribution in [0.1, 0.15) is 13.3 Å². The summed E-state index contributed by atoms with van der Waals surface area (Å²) in [6.45, 7) is 1.16. The van der Waals surface area contributed by atoms with E-state index < -0.39 is 30.1 Å². The van der Waals surface area contributed by atoms with Gasteiger partial charge in [-0.25, -0.2) is 0 Å². The molecule has 0 aromatic rings. The zero-order valence-corrected chi connectivity index (χ0v) is 8.91. The van der Waals surface area contributed by atoms with Crippen LogP contribution in [0.15, 0.2) is 0 Å². The summed E-state index contributed by atoms with van der Waals surface area (Å²) >= 11 is 0. The van der Waals surface area contributed by atoms with Crippen LogP contribution in [0.25, 0.3) is 0 Å². The van der Waals surface area contributed by atoms with Gasteiger partial charge in [-0.15, -0.1) is 0 Å². The lowest BCUT2D eigenvalue weighted by molar-refractivity contribution is -0.141. The highest BCUT2D eigenvalue weighted by Gasteiger charge is 2.16. The van der Waals surface area contributed by atoms with Crippen molar-refractivity contribution >= 4 is 11.9 Å². The largest absolute Gasteiger partial charge is 0.480 e. The van der Waals surface area contributed by atoms with Crippen molar-refractivity contribution in [2.45, 2.75) is 31.5 Å². The van der Waals surface area contributed by atoms with Crippen LogP contribution in [-0.4, -0.2) is 57.2 Å². The van der Waals surface area contributed by atoms with E-state index in [1.807, 2.05) is 0 Å². The molecular weight excluding hydrogens is 220 g/mol. The van der Waals surface area contributed by atoms with Gasteiger partial charge in [0.2, 0.25) is 0 Å². The predicted octanol–water partition coefficient (Wildman–Crippen LogP) is -2.44. The average molecular weight is 238 g/mol. The molecule has 0 amide bonds. The van der Waals surface area contributed by atoms with Gasteiger partial charge in [-0.3, -0.25) is 9.59 Å². The van der Waals surface area contributed by atoms with E-state index in [2.05, 4.69) is 0 Å². The van der Waals surface area contributed by atoms with Gasteiger partial charge in [0.1, 0.15) is 12.1 Å². The minimum Gasteiger partial charge on any atom is -0.480 e. The number of hydrogen-bond acceptors (Lipinski definition) is 6. The number of carboxylic acid groups (broad SMARTS) is 2. The van der Waals surface area contributed by atoms with Crippen molar-refractivity contribution in [2.75, 3.05) is 6.61 Å². The Balaban J connectivity index is 0. The summed E-state index contributed by atoms with van der Waals surface area (Å²) in [5.74, 6) is -2.25. The molecule has 1 unspecified atom stereocenters. The molecule has 8 nitrogen and oxygen atoms in total. The van der Waals surface area contributed by atoms with Crippen LogP contribution in [-0.2, 0) is 9.59 Å². The Morgan fingerprint density at radius 2 is 1.62 bits per heavy atom. The molecule has 16 heavy (non-hydrogen) atoms. The number of carbonyl (C=O) groups is 2. The molecule has 0 aliphatic heterocycles. The quantitative estimate of drug-likeness (QED) is 0.307. The first kappa shape index (κ1) is 17.2. The monoisotopic (exact) mass is 238 g/mol. The van der Waals surface area contributed by atoms with E-state index in [-0.39, 0.29) is 13.0 Å².